The molecule has 2 aromatic rings. The number of hydrogen-bond donors (Lipinski definition) is 7. The molecule has 0 bridgehead atoms. The highest BCUT2D eigenvalue weighted by molar-refractivity contribution is 6.01. The number of anilines is 1. The highest BCUT2D eigenvalue weighted by atomic mass is 19.1. The second-order valence-corrected chi connectivity index (χ2v) is 19.0. The number of amides is 1. The number of allylic oxidation sites excluding steroid dienone is 4. The van der Waals surface area contributed by atoms with Crippen molar-refractivity contribution in [3.63, 3.8) is 0 Å². The van der Waals surface area contributed by atoms with E-state index in [0.717, 1.165) is 6.08 Å². The van der Waals surface area contributed by atoms with Gasteiger partial charge in [0.05, 0.1) is 17.9 Å². The molecule has 1 amide bonds. The van der Waals surface area contributed by atoms with Crippen molar-refractivity contribution in [3.8, 4) is 5.75 Å². The zero-order valence-electron chi connectivity index (χ0n) is 38.2. The second kappa shape index (κ2) is 19.3. The normalized spacial score (nSPS) is 37.7. The van der Waals surface area contributed by atoms with Gasteiger partial charge in [0.1, 0.15) is 56.0 Å². The lowest BCUT2D eigenvalue weighted by Crippen LogP contribution is -2.70. The zero-order chi connectivity index (χ0) is 49.8. The summed E-state index contributed by atoms with van der Waals surface area (Å²) in [5.41, 5.74) is -0.790. The van der Waals surface area contributed by atoms with Crippen LogP contribution < -0.4 is 15.8 Å². The molecule has 21 heteroatoms. The Balaban J connectivity index is 0.970. The van der Waals surface area contributed by atoms with Crippen molar-refractivity contribution in [2.75, 3.05) is 38.3 Å². The van der Waals surface area contributed by atoms with Crippen molar-refractivity contribution in [1.29, 1.82) is 0 Å². The molecule has 8 rings (SSSR count). The van der Waals surface area contributed by atoms with Crippen molar-refractivity contribution in [3.05, 3.63) is 83.2 Å². The Morgan fingerprint density at radius 2 is 1.78 bits per heavy atom. The van der Waals surface area contributed by atoms with E-state index >= 15 is 8.78 Å². The standard InChI is InChI=1S/C48H58F3N3O15/c1-4-54(44(63)65-21-24-9-10-33(32(15-24)53-14-6-13-52)66-43-39(60)37(58)38(59)40(68-43)41(61)62)23-64-22-35(57)48-36(67-42(69-48)25-7-5-8-26(49)16-25)19-28-29-18-31(50)30-17-27(55)11-12-45(30,2)47(29,51)34(56)20-46(28,48)3/h5,7-12,15-17,28-29,31,34,36-40,42-43,53,56,58-60H,4,6,13-14,18-23,52H2,1-3H3,(H,61,62)/t28-,29-,31-,34-,36+,37-,38-,39+,40-,42+,43+,45-,46-,47-,48+/m0/s1. The summed E-state index contributed by atoms with van der Waals surface area (Å²) in [7, 11) is 0. The Morgan fingerprint density at radius 1 is 1.01 bits per heavy atom. The van der Waals surface area contributed by atoms with E-state index in [-0.39, 0.29) is 49.3 Å². The van der Waals surface area contributed by atoms with Crippen molar-refractivity contribution in [1.82, 2.24) is 4.90 Å². The van der Waals surface area contributed by atoms with E-state index < -0.39 is 132 Å². The average Bonchev–Trinajstić information content (AvgIpc) is 3.82. The number of carbonyl (C=O) groups excluding carboxylic acids is 3. The summed E-state index contributed by atoms with van der Waals surface area (Å²) in [6, 6.07) is 9.95. The zero-order valence-corrected chi connectivity index (χ0v) is 38.2. The molecule has 0 unspecified atom stereocenters. The van der Waals surface area contributed by atoms with Crippen molar-refractivity contribution in [2.24, 2.45) is 28.4 Å². The maximum atomic E-state index is 18.0. The first kappa shape index (κ1) is 50.4. The number of Topliss-reactive ketones (excluding diaryl/α,β-unsaturated/α-hetero) is 1. The summed E-state index contributed by atoms with van der Waals surface area (Å²) in [6.07, 6.45) is -12.4. The van der Waals surface area contributed by atoms with Gasteiger partial charge in [-0.05, 0) is 99.5 Å². The summed E-state index contributed by atoms with van der Waals surface area (Å²) < 4.78 is 84.3. The number of fused-ring (bicyclic) bond motifs is 7. The highest BCUT2D eigenvalue weighted by Gasteiger charge is 2.80. The lowest BCUT2D eigenvalue weighted by Gasteiger charge is -2.63. The number of aliphatic hydroxyl groups is 4. The largest absolute Gasteiger partial charge is 0.479 e. The van der Waals surface area contributed by atoms with Crippen LogP contribution in [0.5, 0.6) is 5.75 Å². The number of nitrogens with one attached hydrogen (secondary N) is 1. The van der Waals surface area contributed by atoms with Gasteiger partial charge in [0.25, 0.3) is 0 Å². The molecule has 5 fully saturated rings. The fourth-order valence-corrected chi connectivity index (χ4v) is 11.6. The highest BCUT2D eigenvalue weighted by Crippen LogP contribution is 2.72. The number of nitrogens with two attached hydrogens (primary N) is 1. The molecule has 2 aliphatic heterocycles. The van der Waals surface area contributed by atoms with Crippen molar-refractivity contribution < 1.29 is 86.3 Å². The number of ether oxygens (including phenoxy) is 6. The quantitative estimate of drug-likeness (QED) is 0.0941. The Bertz CT molecular complexity index is 2380. The molecule has 4 aliphatic carbocycles. The Morgan fingerprint density at radius 3 is 2.49 bits per heavy atom. The van der Waals surface area contributed by atoms with E-state index in [1.54, 1.807) is 26.0 Å². The summed E-state index contributed by atoms with van der Waals surface area (Å²) in [5, 5.41) is 55.4. The van der Waals surface area contributed by atoms with Gasteiger partial charge in [0.15, 0.2) is 35.2 Å². The molecule has 0 aromatic heterocycles. The summed E-state index contributed by atoms with van der Waals surface area (Å²) in [4.78, 5) is 53.5. The number of aliphatic carboxylic acids is 1. The van der Waals surface area contributed by atoms with E-state index in [0.29, 0.717) is 30.8 Å². The molecule has 6 aliphatic rings. The second-order valence-electron chi connectivity index (χ2n) is 19.0. The molecule has 2 saturated heterocycles. The third kappa shape index (κ3) is 8.52. The maximum Gasteiger partial charge on any atom is 0.411 e. The number of halogens is 3. The molecular weight excluding hydrogens is 916 g/mol. The number of alkyl halides is 2. The molecule has 15 atom stereocenters. The van der Waals surface area contributed by atoms with Gasteiger partial charge >= 0.3 is 12.1 Å². The van der Waals surface area contributed by atoms with Crippen LogP contribution in [-0.4, -0.2) is 147 Å². The minimum atomic E-state index is -2.44. The third-order valence-corrected chi connectivity index (χ3v) is 15.2. The molecule has 3 saturated carbocycles. The van der Waals surface area contributed by atoms with Gasteiger partial charge in [0, 0.05) is 35.4 Å². The lowest BCUT2D eigenvalue weighted by atomic mass is 9.44. The van der Waals surface area contributed by atoms with Gasteiger partial charge in [-0.25, -0.2) is 22.8 Å². The average molecular weight is 974 g/mol. The smallest absolute Gasteiger partial charge is 0.411 e. The number of nitrogens with zero attached hydrogens (tertiary/aromatic N) is 1. The molecule has 0 radical (unpaired) electrons. The van der Waals surface area contributed by atoms with E-state index in [2.05, 4.69) is 5.32 Å². The first-order valence-corrected chi connectivity index (χ1v) is 23.0. The van der Waals surface area contributed by atoms with Crippen LogP contribution in [0.15, 0.2) is 66.3 Å². The van der Waals surface area contributed by atoms with Gasteiger partial charge in [-0.1, -0.05) is 31.2 Å². The van der Waals surface area contributed by atoms with Crippen LogP contribution in [0.25, 0.3) is 0 Å². The molecule has 0 spiro atoms. The van der Waals surface area contributed by atoms with Gasteiger partial charge in [0.2, 0.25) is 6.29 Å². The molecule has 376 valence electrons. The maximum absolute atomic E-state index is 18.0. The summed E-state index contributed by atoms with van der Waals surface area (Å²) in [6.45, 7) is 4.15. The van der Waals surface area contributed by atoms with E-state index in [9.17, 15) is 49.1 Å². The van der Waals surface area contributed by atoms with Crippen LogP contribution in [0.4, 0.5) is 23.7 Å². The van der Waals surface area contributed by atoms with Gasteiger partial charge in [-0.2, -0.15) is 0 Å². The van der Waals surface area contributed by atoms with Gasteiger partial charge in [-0.15, -0.1) is 0 Å². The first-order chi connectivity index (χ1) is 32.7. The Kier molecular flexibility index (Phi) is 14.1. The third-order valence-electron chi connectivity index (χ3n) is 15.2. The van der Waals surface area contributed by atoms with E-state index in [1.807, 2.05) is 0 Å². The molecular formula is C48H58F3N3O15. The van der Waals surface area contributed by atoms with Crippen LogP contribution in [0.2, 0.25) is 0 Å². The number of aliphatic hydroxyl groups excluding tert-OH is 4. The molecule has 2 aromatic carbocycles. The monoisotopic (exact) mass is 973 g/mol. The predicted octanol–water partition coefficient (Wildman–Crippen LogP) is 3.14. The number of carboxylic acids is 1. The van der Waals surface area contributed by atoms with Crippen LogP contribution in [0.3, 0.4) is 0 Å². The molecule has 2 heterocycles. The number of rotatable bonds is 16. The SMILES string of the molecule is CCN(COCC(=O)[C@@]12O[C@H](c3cccc(F)c3)O[C@@H]1C[C@H]1[C@@H]3C[C@H](F)C4=CC(=O)C=C[C@]4(C)[C@@]3(F)[C@@H](O)C[C@@]12C)C(=O)OCc1ccc(O[C@@H]2O[C@H](C(=O)O)[C@@H](O)[C@H](O)[C@H]2O)c(NCCCN)c1. The van der Waals surface area contributed by atoms with Crippen LogP contribution in [-0.2, 0) is 44.7 Å². The van der Waals surface area contributed by atoms with Gasteiger partial charge in [-0.3, -0.25) is 14.5 Å². The number of carboxylic acid groups (broad SMARTS) is 1. The Hall–Kier alpha value is -4.97. The molecule has 69 heavy (non-hydrogen) atoms. The fraction of sp³-hybridized carbons (Fsp3) is 0.583. The number of hydrogen-bond acceptors (Lipinski definition) is 16. The molecule has 18 nitrogen and oxygen atoms in total. The van der Waals surface area contributed by atoms with Crippen molar-refractivity contribution >= 4 is 29.3 Å². The summed E-state index contributed by atoms with van der Waals surface area (Å²) >= 11 is 0. The minimum Gasteiger partial charge on any atom is -0.479 e. The number of benzene rings is 2. The topological polar surface area (TPSA) is 266 Å². The lowest BCUT2D eigenvalue weighted by molar-refractivity contribution is -0.271. The molecule has 8 N–H and O–H groups in total. The number of carbonyl (C=O) groups is 4. The van der Waals surface area contributed by atoms with Crippen LogP contribution >= 0.6 is 0 Å². The van der Waals surface area contributed by atoms with Crippen LogP contribution in [0.1, 0.15) is 63.9 Å². The predicted molar refractivity (Wildman–Crippen MR) is 234 cm³/mol. The van der Waals surface area contributed by atoms with Crippen LogP contribution in [0, 0.1) is 28.5 Å². The van der Waals surface area contributed by atoms with E-state index in [4.69, 9.17) is 34.2 Å². The van der Waals surface area contributed by atoms with Crippen molar-refractivity contribution in [2.45, 2.75) is 120 Å². The first-order valence-electron chi connectivity index (χ1n) is 23.0. The van der Waals surface area contributed by atoms with E-state index in [1.165, 1.54) is 54.3 Å². The minimum absolute atomic E-state index is 0.0150. The van der Waals surface area contributed by atoms with Gasteiger partial charge < -0.3 is 65.0 Å². The Labute approximate surface area is 395 Å². The fourth-order valence-electron chi connectivity index (χ4n) is 11.6. The number of ketones is 2. The summed E-state index contributed by atoms with van der Waals surface area (Å²) in [5.74, 6) is -5.19.